The minimum absolute atomic E-state index is 0.0268. The number of esters is 1. The Bertz CT molecular complexity index is 464. The molecule has 1 amide bonds. The SMILES string of the molecule is CCC(CC)C(=O)Nc1ccc(C(=O)OC)cc1C. The van der Waals surface area contributed by atoms with Crippen LogP contribution >= 0.6 is 0 Å². The normalized spacial score (nSPS) is 10.4. The van der Waals surface area contributed by atoms with Crippen molar-refractivity contribution in [3.05, 3.63) is 29.3 Å². The Morgan fingerprint density at radius 2 is 1.89 bits per heavy atom. The van der Waals surface area contributed by atoms with Crippen molar-refractivity contribution < 1.29 is 14.3 Å². The van der Waals surface area contributed by atoms with E-state index in [4.69, 9.17) is 0 Å². The molecule has 1 rings (SSSR count). The summed E-state index contributed by atoms with van der Waals surface area (Å²) in [4.78, 5) is 23.4. The third kappa shape index (κ3) is 3.81. The number of ether oxygens (including phenoxy) is 1. The second kappa shape index (κ2) is 6.92. The molecule has 0 unspecified atom stereocenters. The highest BCUT2D eigenvalue weighted by Gasteiger charge is 2.15. The molecule has 1 N–H and O–H groups in total. The summed E-state index contributed by atoms with van der Waals surface area (Å²) in [6, 6.07) is 5.11. The highest BCUT2D eigenvalue weighted by Crippen LogP contribution is 2.19. The van der Waals surface area contributed by atoms with Crippen LogP contribution in [0.3, 0.4) is 0 Å². The van der Waals surface area contributed by atoms with E-state index >= 15 is 0 Å². The Balaban J connectivity index is 2.86. The second-order valence-electron chi connectivity index (χ2n) is 4.52. The van der Waals surface area contributed by atoms with Gasteiger partial charge in [-0.2, -0.15) is 0 Å². The van der Waals surface area contributed by atoms with Gasteiger partial charge in [0.2, 0.25) is 5.91 Å². The van der Waals surface area contributed by atoms with Crippen LogP contribution in [0.4, 0.5) is 5.69 Å². The van der Waals surface area contributed by atoms with Crippen LogP contribution < -0.4 is 5.32 Å². The van der Waals surface area contributed by atoms with Crippen LogP contribution in [0, 0.1) is 12.8 Å². The number of amides is 1. The molecule has 1 aromatic rings. The number of hydrogen-bond acceptors (Lipinski definition) is 3. The van der Waals surface area contributed by atoms with Gasteiger partial charge in [-0.3, -0.25) is 4.79 Å². The van der Waals surface area contributed by atoms with Crippen LogP contribution in [0.5, 0.6) is 0 Å². The Labute approximate surface area is 114 Å². The lowest BCUT2D eigenvalue weighted by molar-refractivity contribution is -0.120. The van der Waals surface area contributed by atoms with Crippen LogP contribution in [0.25, 0.3) is 0 Å². The average molecular weight is 263 g/mol. The molecule has 0 aliphatic rings. The van der Waals surface area contributed by atoms with Gasteiger partial charge in [0.05, 0.1) is 12.7 Å². The highest BCUT2D eigenvalue weighted by molar-refractivity contribution is 5.95. The first kappa shape index (κ1) is 15.2. The molecule has 0 radical (unpaired) electrons. The fraction of sp³-hybridized carbons (Fsp3) is 0.467. The number of carbonyl (C=O) groups excluding carboxylic acids is 2. The van der Waals surface area contributed by atoms with Gasteiger partial charge in [-0.05, 0) is 43.5 Å². The molecule has 19 heavy (non-hydrogen) atoms. The van der Waals surface area contributed by atoms with Crippen LogP contribution in [0.15, 0.2) is 18.2 Å². The van der Waals surface area contributed by atoms with Crippen molar-refractivity contribution in [2.75, 3.05) is 12.4 Å². The molecule has 0 spiro atoms. The van der Waals surface area contributed by atoms with E-state index in [9.17, 15) is 9.59 Å². The van der Waals surface area contributed by atoms with E-state index < -0.39 is 0 Å². The molecule has 0 saturated heterocycles. The first-order chi connectivity index (χ1) is 9.03. The monoisotopic (exact) mass is 263 g/mol. The van der Waals surface area contributed by atoms with Crippen molar-refractivity contribution in [1.82, 2.24) is 0 Å². The summed E-state index contributed by atoms with van der Waals surface area (Å²) in [7, 11) is 1.35. The molecule has 0 aromatic heterocycles. The molecule has 4 heteroatoms. The van der Waals surface area contributed by atoms with Crippen LogP contribution in [-0.4, -0.2) is 19.0 Å². The lowest BCUT2D eigenvalue weighted by atomic mass is 10.0. The quantitative estimate of drug-likeness (QED) is 0.830. The van der Waals surface area contributed by atoms with E-state index in [1.54, 1.807) is 18.2 Å². The highest BCUT2D eigenvalue weighted by atomic mass is 16.5. The Morgan fingerprint density at radius 1 is 1.26 bits per heavy atom. The minimum Gasteiger partial charge on any atom is -0.465 e. The van der Waals surface area contributed by atoms with Gasteiger partial charge in [0.25, 0.3) is 0 Å². The van der Waals surface area contributed by atoms with Gasteiger partial charge >= 0.3 is 5.97 Å². The molecular weight excluding hydrogens is 242 g/mol. The smallest absolute Gasteiger partial charge is 0.337 e. The predicted octanol–water partition coefficient (Wildman–Crippen LogP) is 3.16. The van der Waals surface area contributed by atoms with Gasteiger partial charge in [0.15, 0.2) is 0 Å². The summed E-state index contributed by atoms with van der Waals surface area (Å²) in [5.41, 5.74) is 2.08. The number of carbonyl (C=O) groups is 2. The molecule has 0 fully saturated rings. The van der Waals surface area contributed by atoms with Crippen LogP contribution in [0.1, 0.15) is 42.6 Å². The number of anilines is 1. The third-order valence-corrected chi connectivity index (χ3v) is 3.26. The second-order valence-corrected chi connectivity index (χ2v) is 4.52. The number of methoxy groups -OCH3 is 1. The van der Waals surface area contributed by atoms with Crippen molar-refractivity contribution in [1.29, 1.82) is 0 Å². The number of aryl methyl sites for hydroxylation is 1. The predicted molar refractivity (Wildman–Crippen MR) is 75.2 cm³/mol. The molecule has 1 aromatic carbocycles. The summed E-state index contributed by atoms with van der Waals surface area (Å²) in [5, 5.41) is 2.91. The number of rotatable bonds is 5. The molecule has 0 saturated carbocycles. The van der Waals surface area contributed by atoms with Crippen molar-refractivity contribution in [3.8, 4) is 0 Å². The summed E-state index contributed by atoms with van der Waals surface area (Å²) in [5.74, 6) is -0.320. The summed E-state index contributed by atoms with van der Waals surface area (Å²) < 4.78 is 4.66. The van der Waals surface area contributed by atoms with E-state index in [0.717, 1.165) is 24.1 Å². The van der Waals surface area contributed by atoms with E-state index in [1.165, 1.54) is 7.11 Å². The zero-order chi connectivity index (χ0) is 14.4. The minimum atomic E-state index is -0.374. The molecule has 0 aliphatic heterocycles. The van der Waals surface area contributed by atoms with Crippen molar-refractivity contribution >= 4 is 17.6 Å². The van der Waals surface area contributed by atoms with Crippen LogP contribution in [0.2, 0.25) is 0 Å². The Hall–Kier alpha value is -1.84. The van der Waals surface area contributed by atoms with E-state index in [-0.39, 0.29) is 17.8 Å². The van der Waals surface area contributed by atoms with Crippen molar-refractivity contribution in [2.24, 2.45) is 5.92 Å². The maximum absolute atomic E-state index is 12.0. The molecule has 0 heterocycles. The standard InChI is InChI=1S/C15H21NO3/c1-5-11(6-2)14(17)16-13-8-7-12(9-10(13)3)15(18)19-4/h7-9,11H,5-6H2,1-4H3,(H,16,17). The number of nitrogens with one attached hydrogen (secondary N) is 1. The number of benzene rings is 1. The molecule has 0 atom stereocenters. The third-order valence-electron chi connectivity index (χ3n) is 3.26. The van der Waals surface area contributed by atoms with Crippen molar-refractivity contribution in [2.45, 2.75) is 33.6 Å². The topological polar surface area (TPSA) is 55.4 Å². The van der Waals surface area contributed by atoms with Gasteiger partial charge in [-0.25, -0.2) is 4.79 Å². The zero-order valence-electron chi connectivity index (χ0n) is 11.9. The fourth-order valence-electron chi connectivity index (χ4n) is 1.94. The molecule has 0 aliphatic carbocycles. The van der Waals surface area contributed by atoms with E-state index in [0.29, 0.717) is 5.56 Å². The van der Waals surface area contributed by atoms with Gasteiger partial charge in [-0.1, -0.05) is 13.8 Å². The summed E-state index contributed by atoms with van der Waals surface area (Å²) in [6.45, 7) is 5.86. The molecular formula is C15H21NO3. The molecule has 104 valence electrons. The first-order valence-corrected chi connectivity index (χ1v) is 6.53. The van der Waals surface area contributed by atoms with Gasteiger partial charge in [-0.15, -0.1) is 0 Å². The lowest BCUT2D eigenvalue weighted by Gasteiger charge is -2.14. The fourth-order valence-corrected chi connectivity index (χ4v) is 1.94. The molecule has 0 bridgehead atoms. The Morgan fingerprint density at radius 3 is 2.37 bits per heavy atom. The van der Waals surface area contributed by atoms with Crippen LogP contribution in [-0.2, 0) is 9.53 Å². The van der Waals surface area contributed by atoms with Gasteiger partial charge in [0, 0.05) is 11.6 Å². The maximum atomic E-state index is 12.0. The van der Waals surface area contributed by atoms with Gasteiger partial charge in [0.1, 0.15) is 0 Å². The summed E-state index contributed by atoms with van der Waals surface area (Å²) in [6.07, 6.45) is 1.64. The average Bonchev–Trinajstić information content (AvgIpc) is 2.41. The van der Waals surface area contributed by atoms with Crippen molar-refractivity contribution in [3.63, 3.8) is 0 Å². The first-order valence-electron chi connectivity index (χ1n) is 6.53. The van der Waals surface area contributed by atoms with Gasteiger partial charge < -0.3 is 10.1 Å². The molecule has 4 nitrogen and oxygen atoms in total. The zero-order valence-corrected chi connectivity index (χ0v) is 11.9. The largest absolute Gasteiger partial charge is 0.465 e. The van der Waals surface area contributed by atoms with E-state index in [1.807, 2.05) is 20.8 Å². The summed E-state index contributed by atoms with van der Waals surface area (Å²) >= 11 is 0. The maximum Gasteiger partial charge on any atom is 0.337 e. The number of hydrogen-bond donors (Lipinski definition) is 1. The Kier molecular flexibility index (Phi) is 5.55. The van der Waals surface area contributed by atoms with E-state index in [2.05, 4.69) is 10.1 Å². The lowest BCUT2D eigenvalue weighted by Crippen LogP contribution is -2.22.